The van der Waals surface area contributed by atoms with Crippen molar-refractivity contribution in [1.29, 1.82) is 0 Å². The molecule has 99 heavy (non-hydrogen) atoms. The minimum Gasteiger partial charge on any atom is -0.496 e. The van der Waals surface area contributed by atoms with Crippen molar-refractivity contribution in [3.63, 3.8) is 0 Å². The number of unbranched alkanes of at least 4 members (excludes halogenated alkanes) is 2. The summed E-state index contributed by atoms with van der Waals surface area (Å²) in [5.74, 6) is -1.53. The number of benzene rings is 6. The van der Waals surface area contributed by atoms with Crippen molar-refractivity contribution in [2.75, 3.05) is 124 Å². The van der Waals surface area contributed by atoms with Gasteiger partial charge in [-0.15, -0.1) is 0 Å². The number of nitrogens with one attached hydrogen (secondary N) is 2. The maximum atomic E-state index is 14.3. The van der Waals surface area contributed by atoms with Crippen LogP contribution in [-0.4, -0.2) is 185 Å². The van der Waals surface area contributed by atoms with Gasteiger partial charge in [-0.2, -0.15) is 26.3 Å². The first kappa shape index (κ1) is 73.1. The first-order chi connectivity index (χ1) is 47.4. The SMILES string of the molecule is COc1cc(NCCCCCC(=O)N(C)CCN2CCC(OC(=O)Nc3ccccc3-c3ccccc3)CC2)ccc1C(=O)N(C)CCCN(C)C(=O)CO[C@H]1Cc2ccccc2C12CCN(CC[C@@]1(c3ccc(F)cc3)CN(C(=O)c3cc(C(F)(F)F)cc(C(F)(F)F)c3)CO1)CC2. The number of piperidine rings is 2. The summed E-state index contributed by atoms with van der Waals surface area (Å²) in [5.41, 5.74) is 0.893. The Balaban J connectivity index is 0.618. The number of alkyl halides is 6. The number of hydrogen-bond donors (Lipinski definition) is 2. The molecule has 0 radical (unpaired) electrons. The van der Waals surface area contributed by atoms with E-state index in [1.54, 1.807) is 40.9 Å². The molecule has 1 aliphatic carbocycles. The zero-order valence-corrected chi connectivity index (χ0v) is 56.4. The van der Waals surface area contributed by atoms with Crippen LogP contribution in [0.3, 0.4) is 0 Å². The normalized spacial score (nSPS) is 18.0. The van der Waals surface area contributed by atoms with Gasteiger partial charge in [0, 0.05) is 108 Å². The number of ether oxygens (including phenoxy) is 4. The van der Waals surface area contributed by atoms with Gasteiger partial charge in [0.2, 0.25) is 11.8 Å². The number of nitrogens with zero attached hydrogens (tertiary/aromatic N) is 6. The molecule has 3 heterocycles. The van der Waals surface area contributed by atoms with Crippen molar-refractivity contribution in [1.82, 2.24) is 29.4 Å². The molecule has 17 nitrogen and oxygen atoms in total. The molecule has 3 fully saturated rings. The monoisotopic (exact) mass is 1380 g/mol. The van der Waals surface area contributed by atoms with Crippen LogP contribution in [0.2, 0.25) is 0 Å². The number of methoxy groups -OCH3 is 1. The highest BCUT2D eigenvalue weighted by Gasteiger charge is 2.50. The quantitative estimate of drug-likeness (QED) is 0.0371. The molecule has 530 valence electrons. The molecule has 2 atom stereocenters. The fourth-order valence-electron chi connectivity index (χ4n) is 14.0. The van der Waals surface area contributed by atoms with Gasteiger partial charge >= 0.3 is 18.4 Å². The fraction of sp³-hybridized carbons (Fsp3) is 0.453. The summed E-state index contributed by atoms with van der Waals surface area (Å²) in [4.78, 5) is 77.8. The molecule has 5 amide bonds. The maximum absolute atomic E-state index is 14.3. The number of halogens is 7. The van der Waals surface area contributed by atoms with E-state index in [-0.39, 0.29) is 55.6 Å². The standard InChI is InChI=1S/C75H87F7N8O9/c1-85(35-15-36-87(3)70(94)62-28-27-59(48-65(62)96-4)83-34-14-6-9-22-67(91)86(2)42-43-88-37-29-60(30-38-88)99-71(95)84-64-21-13-11-19-61(64)52-16-7-5-8-17-52)68(92)49-97-66-46-53-18-10-12-20-63(53)72(66)31-39-89(40-32-72)41-33-73(55-23-25-58(76)26-24-55)50-90(51-98-73)69(93)54-44-56(74(77,78)79)47-57(45-54)75(80,81)82/h5,7-8,10-13,16-21,23-28,44-45,47-48,60,66,83H,6,9,14-15,22,29-43,46,49-51H2,1-4H3,(H,84,95)/t66-,73-/m0/s1. The van der Waals surface area contributed by atoms with Gasteiger partial charge in [-0.05, 0) is 142 Å². The zero-order chi connectivity index (χ0) is 70.5. The third kappa shape index (κ3) is 18.5. The van der Waals surface area contributed by atoms with E-state index in [1.165, 1.54) is 31.4 Å². The summed E-state index contributed by atoms with van der Waals surface area (Å²) in [7, 11) is 6.77. The highest BCUT2D eigenvalue weighted by Crippen LogP contribution is 2.49. The molecule has 0 bridgehead atoms. The van der Waals surface area contributed by atoms with Gasteiger partial charge in [-0.3, -0.25) is 24.5 Å². The Kier molecular flexibility index (Phi) is 24.1. The molecule has 3 aliphatic heterocycles. The summed E-state index contributed by atoms with van der Waals surface area (Å²) < 4.78 is 121. The maximum Gasteiger partial charge on any atom is 0.416 e. The topological polar surface area (TPSA) is 166 Å². The molecular weight excluding hydrogens is 1290 g/mol. The number of hydrogen-bond acceptors (Lipinski definition) is 12. The highest BCUT2D eigenvalue weighted by molar-refractivity contribution is 5.97. The Labute approximate surface area is 573 Å². The number of carbonyl (C=O) groups is 5. The van der Waals surface area contributed by atoms with E-state index in [0.717, 1.165) is 84.6 Å². The Morgan fingerprint density at radius 1 is 0.677 bits per heavy atom. The summed E-state index contributed by atoms with van der Waals surface area (Å²) in [6, 6.07) is 37.3. The van der Waals surface area contributed by atoms with Crippen molar-refractivity contribution in [2.24, 2.45) is 0 Å². The molecule has 1 spiro atoms. The van der Waals surface area contributed by atoms with Crippen LogP contribution in [0.15, 0.2) is 140 Å². The van der Waals surface area contributed by atoms with Gasteiger partial charge < -0.3 is 53.7 Å². The van der Waals surface area contributed by atoms with Crippen molar-refractivity contribution in [3.05, 3.63) is 184 Å². The third-order valence-electron chi connectivity index (χ3n) is 19.8. The summed E-state index contributed by atoms with van der Waals surface area (Å²) in [6.45, 7) is 5.10. The van der Waals surface area contributed by atoms with Gasteiger partial charge in [0.05, 0.1) is 42.1 Å². The van der Waals surface area contributed by atoms with Gasteiger partial charge in [0.25, 0.3) is 11.8 Å². The number of fused-ring (bicyclic) bond motifs is 2. The molecule has 6 aromatic carbocycles. The average molecular weight is 1380 g/mol. The average Bonchev–Trinajstić information content (AvgIpc) is 1.61. The predicted octanol–water partition coefficient (Wildman–Crippen LogP) is 13.0. The third-order valence-corrected chi connectivity index (χ3v) is 19.8. The summed E-state index contributed by atoms with van der Waals surface area (Å²) in [5, 5.41) is 6.34. The molecule has 24 heteroatoms. The lowest BCUT2D eigenvalue weighted by Crippen LogP contribution is -2.50. The van der Waals surface area contributed by atoms with Gasteiger partial charge in [0.15, 0.2) is 0 Å². The number of amides is 5. The van der Waals surface area contributed by atoms with Crippen LogP contribution in [-0.2, 0) is 53.6 Å². The Bertz CT molecular complexity index is 3720. The molecule has 3 saturated heterocycles. The number of likely N-dealkylation sites (N-methyl/N-ethyl adjacent to an activating group) is 2. The molecule has 6 aromatic rings. The molecule has 0 saturated carbocycles. The van der Waals surface area contributed by atoms with Gasteiger partial charge in [-0.25, -0.2) is 9.18 Å². The first-order valence-corrected chi connectivity index (χ1v) is 33.8. The van der Waals surface area contributed by atoms with E-state index in [4.69, 9.17) is 18.9 Å². The fourth-order valence-corrected chi connectivity index (χ4v) is 14.0. The molecule has 0 unspecified atom stereocenters. The largest absolute Gasteiger partial charge is 0.496 e. The van der Waals surface area contributed by atoms with Gasteiger partial charge in [0.1, 0.15) is 36.6 Å². The second-order valence-corrected chi connectivity index (χ2v) is 26.3. The minimum absolute atomic E-state index is 0.0301. The number of anilines is 2. The van der Waals surface area contributed by atoms with E-state index in [9.17, 15) is 54.7 Å². The Morgan fingerprint density at radius 3 is 2.04 bits per heavy atom. The second kappa shape index (κ2) is 32.6. The molecule has 4 aliphatic rings. The van der Waals surface area contributed by atoms with E-state index in [1.807, 2.05) is 79.8 Å². The molecule has 10 rings (SSSR count). The summed E-state index contributed by atoms with van der Waals surface area (Å²) >= 11 is 0. The molecular formula is C75H87F7N8O9. The lowest BCUT2D eigenvalue weighted by atomic mass is 9.72. The second-order valence-electron chi connectivity index (χ2n) is 26.3. The first-order valence-electron chi connectivity index (χ1n) is 33.8. The Hall–Kier alpha value is -8.58. The number of likely N-dealkylation sites (tertiary alicyclic amines) is 2. The number of carbonyl (C=O) groups excluding carboxylic acids is 5. The van der Waals surface area contributed by atoms with Gasteiger partial charge in [-0.1, -0.05) is 91.3 Å². The van der Waals surface area contributed by atoms with Crippen LogP contribution in [0.4, 0.5) is 46.9 Å². The summed E-state index contributed by atoms with van der Waals surface area (Å²) in [6.07, 6.45) is -4.26. The van der Waals surface area contributed by atoms with Crippen LogP contribution in [0, 0.1) is 5.82 Å². The van der Waals surface area contributed by atoms with E-state index < -0.39 is 64.6 Å². The van der Waals surface area contributed by atoms with E-state index >= 15 is 0 Å². The van der Waals surface area contributed by atoms with Crippen LogP contribution >= 0.6 is 0 Å². The van der Waals surface area contributed by atoms with Crippen LogP contribution in [0.1, 0.15) is 113 Å². The number of para-hydroxylation sites is 1. The minimum atomic E-state index is -5.15. The van der Waals surface area contributed by atoms with E-state index in [2.05, 4.69) is 32.6 Å². The predicted molar refractivity (Wildman–Crippen MR) is 362 cm³/mol. The Morgan fingerprint density at radius 2 is 1.33 bits per heavy atom. The van der Waals surface area contributed by atoms with Crippen LogP contribution in [0.5, 0.6) is 5.75 Å². The number of rotatable bonds is 27. The zero-order valence-electron chi connectivity index (χ0n) is 56.4. The lowest BCUT2D eigenvalue weighted by molar-refractivity contribution is -0.143. The van der Waals surface area contributed by atoms with E-state index in [0.29, 0.717) is 113 Å². The van der Waals surface area contributed by atoms with Crippen LogP contribution < -0.4 is 15.4 Å². The van der Waals surface area contributed by atoms with Crippen molar-refractivity contribution in [2.45, 2.75) is 106 Å². The smallest absolute Gasteiger partial charge is 0.416 e. The molecule has 0 aromatic heterocycles. The highest BCUT2D eigenvalue weighted by atomic mass is 19.4. The van der Waals surface area contributed by atoms with Crippen molar-refractivity contribution < 1.29 is 73.7 Å². The van der Waals surface area contributed by atoms with Crippen LogP contribution in [0.25, 0.3) is 11.1 Å². The van der Waals surface area contributed by atoms with Crippen molar-refractivity contribution in [3.8, 4) is 16.9 Å². The van der Waals surface area contributed by atoms with Crippen molar-refractivity contribution >= 4 is 41.1 Å². The molecule has 2 N–H and O–H groups in total. The lowest BCUT2D eigenvalue weighted by Gasteiger charge is -2.44.